The molecule has 1 saturated carbocycles. The maximum Gasteiger partial charge on any atom is 0.235 e. The highest BCUT2D eigenvalue weighted by molar-refractivity contribution is 7.93. The molecule has 2 aliphatic rings. The quantitative estimate of drug-likeness (QED) is 0.369. The predicted molar refractivity (Wildman–Crippen MR) is 150 cm³/mol. The summed E-state index contributed by atoms with van der Waals surface area (Å²) < 4.78 is 27.7. The number of benzene rings is 2. The summed E-state index contributed by atoms with van der Waals surface area (Å²) in [6, 6.07) is 18.0. The minimum Gasteiger partial charge on any atom is -0.346 e. The average Bonchev–Trinajstić information content (AvgIpc) is 3.70. The van der Waals surface area contributed by atoms with Gasteiger partial charge in [0.25, 0.3) is 0 Å². The number of piperazine rings is 1. The van der Waals surface area contributed by atoms with Gasteiger partial charge in [0, 0.05) is 61.6 Å². The van der Waals surface area contributed by atoms with E-state index in [1.165, 1.54) is 5.56 Å². The maximum atomic E-state index is 12.5. The summed E-state index contributed by atoms with van der Waals surface area (Å²) in [6.07, 6.45) is 5.07. The van der Waals surface area contributed by atoms with Crippen molar-refractivity contribution in [2.75, 3.05) is 37.9 Å². The molecule has 1 aliphatic carbocycles. The number of nitrogens with zero attached hydrogens (tertiary/aromatic N) is 4. The molecule has 0 radical (unpaired) electrons. The number of aromatic nitrogens is 2. The summed E-state index contributed by atoms with van der Waals surface area (Å²) in [4.78, 5) is 12.7. The number of nitriles is 1. The maximum absolute atomic E-state index is 12.5. The molecule has 2 aromatic heterocycles. The second-order valence-electron chi connectivity index (χ2n) is 10.4. The van der Waals surface area contributed by atoms with Crippen LogP contribution in [0.3, 0.4) is 0 Å². The minimum absolute atomic E-state index is 0.343. The number of pyridine rings is 1. The third-order valence-corrected chi connectivity index (χ3v) is 9.29. The number of sulfonamides is 1. The Balaban J connectivity index is 1.28. The normalized spacial score (nSPS) is 16.9. The van der Waals surface area contributed by atoms with Gasteiger partial charge in [-0.3, -0.25) is 9.62 Å². The van der Waals surface area contributed by atoms with Crippen molar-refractivity contribution in [3.05, 3.63) is 72.1 Å². The summed E-state index contributed by atoms with van der Waals surface area (Å²) in [7, 11) is -1.27. The van der Waals surface area contributed by atoms with Crippen molar-refractivity contribution in [1.29, 1.82) is 5.26 Å². The van der Waals surface area contributed by atoms with E-state index in [2.05, 4.69) is 67.9 Å². The molecular weight excluding hydrogens is 496 g/mol. The third-order valence-electron chi connectivity index (χ3n) is 7.42. The second kappa shape index (κ2) is 9.87. The Morgan fingerprint density at radius 3 is 2.50 bits per heavy atom. The fourth-order valence-electron chi connectivity index (χ4n) is 5.00. The molecule has 0 bridgehead atoms. The van der Waals surface area contributed by atoms with E-state index in [1.54, 1.807) is 18.2 Å². The van der Waals surface area contributed by atoms with Crippen LogP contribution in [0.4, 0.5) is 5.69 Å². The van der Waals surface area contributed by atoms with E-state index in [9.17, 15) is 13.7 Å². The van der Waals surface area contributed by atoms with Crippen LogP contribution in [0.25, 0.3) is 33.3 Å². The van der Waals surface area contributed by atoms with Crippen LogP contribution in [0.1, 0.15) is 24.0 Å². The smallest absolute Gasteiger partial charge is 0.235 e. The third kappa shape index (κ3) is 5.16. The number of rotatable bonds is 7. The molecule has 8 nitrogen and oxygen atoms in total. The first-order valence-corrected chi connectivity index (χ1v) is 14.5. The van der Waals surface area contributed by atoms with Crippen molar-refractivity contribution >= 4 is 26.7 Å². The number of anilines is 1. The van der Waals surface area contributed by atoms with Gasteiger partial charge in [-0.1, -0.05) is 24.3 Å². The van der Waals surface area contributed by atoms with Crippen LogP contribution in [-0.4, -0.2) is 66.7 Å². The van der Waals surface area contributed by atoms with Crippen molar-refractivity contribution in [3.8, 4) is 28.3 Å². The van der Waals surface area contributed by atoms with Crippen molar-refractivity contribution in [2.24, 2.45) is 0 Å². The molecule has 1 aliphatic heterocycles. The Kier molecular flexibility index (Phi) is 6.40. The Morgan fingerprint density at radius 1 is 1.03 bits per heavy atom. The lowest BCUT2D eigenvalue weighted by Crippen LogP contribution is -2.43. The molecule has 0 atom stereocenters. The van der Waals surface area contributed by atoms with Gasteiger partial charge in [-0.2, -0.15) is 5.26 Å². The average molecular weight is 527 g/mol. The van der Waals surface area contributed by atoms with Crippen LogP contribution < -0.4 is 4.72 Å². The van der Waals surface area contributed by atoms with Crippen LogP contribution >= 0.6 is 0 Å². The van der Waals surface area contributed by atoms with E-state index in [0.29, 0.717) is 24.1 Å². The Morgan fingerprint density at radius 2 is 1.79 bits per heavy atom. The van der Waals surface area contributed by atoms with E-state index in [1.807, 2.05) is 12.4 Å². The monoisotopic (exact) mass is 526 g/mol. The zero-order chi connectivity index (χ0) is 26.3. The zero-order valence-electron chi connectivity index (χ0n) is 21.3. The van der Waals surface area contributed by atoms with Gasteiger partial charge in [0.15, 0.2) is 0 Å². The van der Waals surface area contributed by atoms with Gasteiger partial charge in [0.2, 0.25) is 10.0 Å². The highest BCUT2D eigenvalue weighted by Crippen LogP contribution is 2.35. The van der Waals surface area contributed by atoms with Gasteiger partial charge in [-0.15, -0.1) is 0 Å². The Hall–Kier alpha value is -3.71. The highest BCUT2D eigenvalue weighted by Gasteiger charge is 2.35. The molecule has 1 saturated heterocycles. The molecule has 2 N–H and O–H groups in total. The van der Waals surface area contributed by atoms with Crippen molar-refractivity contribution in [2.45, 2.75) is 24.6 Å². The van der Waals surface area contributed by atoms with E-state index in [4.69, 9.17) is 0 Å². The number of fused-ring (bicyclic) bond motifs is 1. The first-order valence-electron chi connectivity index (χ1n) is 12.9. The largest absolute Gasteiger partial charge is 0.346 e. The summed E-state index contributed by atoms with van der Waals surface area (Å²) in [6.45, 7) is 5.34. The van der Waals surface area contributed by atoms with E-state index >= 15 is 0 Å². The van der Waals surface area contributed by atoms with E-state index in [-0.39, 0.29) is 5.25 Å². The minimum atomic E-state index is -3.44. The number of aromatic amines is 1. The molecule has 9 heteroatoms. The molecule has 0 spiro atoms. The molecule has 38 heavy (non-hydrogen) atoms. The Bertz CT molecular complexity index is 1630. The second-order valence-corrected chi connectivity index (χ2v) is 12.3. The van der Waals surface area contributed by atoms with Gasteiger partial charge < -0.3 is 9.88 Å². The fourth-order valence-corrected chi connectivity index (χ4v) is 6.37. The molecule has 0 unspecified atom stereocenters. The number of nitrogens with one attached hydrogen (secondary N) is 2. The first-order chi connectivity index (χ1) is 18.4. The van der Waals surface area contributed by atoms with Gasteiger partial charge in [0.05, 0.1) is 22.6 Å². The lowest BCUT2D eigenvalue weighted by atomic mass is 10.00. The SMILES string of the molecule is CN1CCN(Cc2ccc(-c3cnc4[nH]cc(-c5cc(C#N)cc(NS(=O)(=O)C6CC6)c5)c4c3)cc2)CC1. The molecule has 2 fully saturated rings. The van der Waals surface area contributed by atoms with Crippen LogP contribution in [0.15, 0.2) is 60.9 Å². The number of hydrogen-bond acceptors (Lipinski definition) is 6. The van der Waals surface area contributed by atoms with Gasteiger partial charge in [0.1, 0.15) is 5.65 Å². The van der Waals surface area contributed by atoms with Crippen LogP contribution in [0, 0.1) is 11.3 Å². The van der Waals surface area contributed by atoms with E-state index < -0.39 is 10.0 Å². The summed E-state index contributed by atoms with van der Waals surface area (Å²) in [5.41, 5.74) is 6.52. The van der Waals surface area contributed by atoms with Crippen LogP contribution in [-0.2, 0) is 16.6 Å². The summed E-state index contributed by atoms with van der Waals surface area (Å²) >= 11 is 0. The standard InChI is InChI=1S/C29H30N6O2S/c1-34-8-10-35(11-9-34)19-20-2-4-22(5-3-20)24-15-27-28(18-32-29(27)31-17-24)23-12-21(16-30)13-25(14-23)33-38(36,37)26-6-7-26/h2-5,12-15,17-18,26,33H,6-11,19H2,1H3,(H,31,32). The topological polar surface area (TPSA) is 105 Å². The molecule has 2 aromatic carbocycles. The first kappa shape index (κ1) is 24.6. The lowest BCUT2D eigenvalue weighted by molar-refractivity contribution is 0.148. The summed E-state index contributed by atoms with van der Waals surface area (Å²) in [5, 5.41) is 10.2. The van der Waals surface area contributed by atoms with Gasteiger partial charge >= 0.3 is 0 Å². The number of likely N-dealkylation sites (N-methyl/N-ethyl adjacent to an activating group) is 1. The molecule has 0 amide bonds. The fraction of sp³-hybridized carbons (Fsp3) is 0.310. The molecule has 3 heterocycles. The predicted octanol–water partition coefficient (Wildman–Crippen LogP) is 4.42. The highest BCUT2D eigenvalue weighted by atomic mass is 32.2. The molecular formula is C29H30N6O2S. The number of hydrogen-bond donors (Lipinski definition) is 2. The molecule has 6 rings (SSSR count). The molecule has 194 valence electrons. The van der Waals surface area contributed by atoms with Crippen molar-refractivity contribution < 1.29 is 8.42 Å². The van der Waals surface area contributed by atoms with Gasteiger partial charge in [-0.25, -0.2) is 13.4 Å². The molecule has 4 aromatic rings. The van der Waals surface area contributed by atoms with Gasteiger partial charge in [-0.05, 0) is 60.8 Å². The number of H-pyrrole nitrogens is 1. The van der Waals surface area contributed by atoms with E-state index in [0.717, 1.165) is 66.0 Å². The summed E-state index contributed by atoms with van der Waals surface area (Å²) in [5.74, 6) is 0. The lowest BCUT2D eigenvalue weighted by Gasteiger charge is -2.32. The van der Waals surface area contributed by atoms with Crippen molar-refractivity contribution in [3.63, 3.8) is 0 Å². The Labute approximate surface area is 223 Å². The zero-order valence-corrected chi connectivity index (χ0v) is 22.1. The van der Waals surface area contributed by atoms with Crippen LogP contribution in [0.5, 0.6) is 0 Å². The van der Waals surface area contributed by atoms with Crippen molar-refractivity contribution in [1.82, 2.24) is 19.8 Å². The van der Waals surface area contributed by atoms with Crippen LogP contribution in [0.2, 0.25) is 0 Å².